The van der Waals surface area contributed by atoms with Crippen LogP contribution in [-0.4, -0.2) is 5.91 Å². The van der Waals surface area contributed by atoms with Crippen molar-refractivity contribution in [1.82, 2.24) is 0 Å². The van der Waals surface area contributed by atoms with Gasteiger partial charge in [0.15, 0.2) is 5.76 Å². The molecule has 0 bridgehead atoms. The molecule has 0 aliphatic carbocycles. The number of amides is 1. The van der Waals surface area contributed by atoms with E-state index in [1.807, 2.05) is 0 Å². The first kappa shape index (κ1) is 16.8. The lowest BCUT2D eigenvalue weighted by molar-refractivity contribution is 0.0997. The maximum Gasteiger partial charge on any atom is 0.291 e. The maximum atomic E-state index is 13.2. The largest absolute Gasteiger partial charge is 0.451 e. The molecule has 1 N–H and O–H groups in total. The summed E-state index contributed by atoms with van der Waals surface area (Å²) in [5.74, 6) is -0.526. The van der Waals surface area contributed by atoms with Crippen molar-refractivity contribution in [3.8, 4) is 11.3 Å². The summed E-state index contributed by atoms with van der Waals surface area (Å²) in [6, 6.07) is 12.0. The fourth-order valence-corrected chi connectivity index (χ4v) is 2.68. The van der Waals surface area contributed by atoms with Crippen LogP contribution < -0.4 is 5.32 Å². The fraction of sp³-hybridized carbons (Fsp3) is 0. The molecule has 0 spiro atoms. The quantitative estimate of drug-likeness (QED) is 0.576. The zero-order chi connectivity index (χ0) is 17.3. The minimum Gasteiger partial charge on any atom is -0.451 e. The summed E-state index contributed by atoms with van der Waals surface area (Å²) in [7, 11) is 0. The second-order valence-corrected chi connectivity index (χ2v) is 6.12. The van der Waals surface area contributed by atoms with Crippen molar-refractivity contribution in [2.24, 2.45) is 0 Å². The topological polar surface area (TPSA) is 42.2 Å². The molecule has 0 saturated heterocycles. The third kappa shape index (κ3) is 3.56. The van der Waals surface area contributed by atoms with E-state index < -0.39 is 11.7 Å². The molecule has 24 heavy (non-hydrogen) atoms. The molecular weight excluding hydrogens is 376 g/mol. The number of carbonyl (C=O) groups is 1. The number of anilines is 1. The third-order valence-electron chi connectivity index (χ3n) is 3.21. The second-order valence-electron chi connectivity index (χ2n) is 4.87. The van der Waals surface area contributed by atoms with Gasteiger partial charge in [-0.1, -0.05) is 34.8 Å². The van der Waals surface area contributed by atoms with Crippen molar-refractivity contribution in [3.63, 3.8) is 0 Å². The molecule has 3 rings (SSSR count). The summed E-state index contributed by atoms with van der Waals surface area (Å²) < 4.78 is 18.7. The molecule has 0 fully saturated rings. The predicted molar refractivity (Wildman–Crippen MR) is 93.5 cm³/mol. The van der Waals surface area contributed by atoms with Crippen molar-refractivity contribution in [2.75, 3.05) is 5.32 Å². The van der Waals surface area contributed by atoms with Gasteiger partial charge in [-0.25, -0.2) is 4.39 Å². The Balaban J connectivity index is 1.82. The first-order valence-electron chi connectivity index (χ1n) is 6.76. The second kappa shape index (κ2) is 6.85. The molecule has 0 saturated carbocycles. The van der Waals surface area contributed by atoms with Crippen LogP contribution in [0.3, 0.4) is 0 Å². The number of nitrogens with one attached hydrogen (secondary N) is 1. The number of halogens is 4. The highest BCUT2D eigenvalue weighted by molar-refractivity contribution is 6.36. The minimum atomic E-state index is -0.526. The lowest BCUT2D eigenvalue weighted by Crippen LogP contribution is -2.11. The van der Waals surface area contributed by atoms with E-state index in [4.69, 9.17) is 39.2 Å². The number of hydrogen-bond acceptors (Lipinski definition) is 2. The highest BCUT2D eigenvalue weighted by Gasteiger charge is 2.14. The van der Waals surface area contributed by atoms with Gasteiger partial charge in [0.1, 0.15) is 11.6 Å². The first-order valence-corrected chi connectivity index (χ1v) is 7.89. The van der Waals surface area contributed by atoms with Crippen molar-refractivity contribution >= 4 is 46.4 Å². The summed E-state index contributed by atoms with van der Waals surface area (Å²) in [6.07, 6.45) is 0. The smallest absolute Gasteiger partial charge is 0.291 e. The van der Waals surface area contributed by atoms with Gasteiger partial charge in [-0.15, -0.1) is 0 Å². The van der Waals surface area contributed by atoms with Crippen molar-refractivity contribution in [2.45, 2.75) is 0 Å². The van der Waals surface area contributed by atoms with Gasteiger partial charge in [0.25, 0.3) is 5.91 Å². The summed E-state index contributed by atoms with van der Waals surface area (Å²) in [5, 5.41) is 3.38. The SMILES string of the molecule is O=C(Nc1ccc(Cl)cc1Cl)c1ccc(-c2ccc(F)c(Cl)c2)o1. The van der Waals surface area contributed by atoms with Crippen LogP contribution in [0.4, 0.5) is 10.1 Å². The molecule has 0 aliphatic heterocycles. The molecule has 0 radical (unpaired) electrons. The third-order valence-corrected chi connectivity index (χ3v) is 4.05. The Morgan fingerprint density at radius 1 is 0.958 bits per heavy atom. The van der Waals surface area contributed by atoms with E-state index in [1.54, 1.807) is 18.2 Å². The Morgan fingerprint density at radius 3 is 2.46 bits per heavy atom. The minimum absolute atomic E-state index is 0.0251. The molecule has 3 nitrogen and oxygen atoms in total. The van der Waals surface area contributed by atoms with Crippen molar-refractivity contribution in [1.29, 1.82) is 0 Å². The van der Waals surface area contributed by atoms with Gasteiger partial charge in [-0.3, -0.25) is 4.79 Å². The summed E-state index contributed by atoms with van der Waals surface area (Å²) in [5.41, 5.74) is 0.971. The summed E-state index contributed by atoms with van der Waals surface area (Å²) in [4.78, 5) is 12.2. The molecular formula is C17H9Cl3FNO2. The van der Waals surface area contributed by atoms with Gasteiger partial charge in [0, 0.05) is 10.6 Å². The van der Waals surface area contributed by atoms with Crippen LogP contribution in [0.5, 0.6) is 0 Å². The Morgan fingerprint density at radius 2 is 1.75 bits per heavy atom. The molecule has 7 heteroatoms. The van der Waals surface area contributed by atoms with Gasteiger partial charge in [-0.05, 0) is 48.5 Å². The van der Waals surface area contributed by atoms with Crippen LogP contribution in [0.25, 0.3) is 11.3 Å². The van der Waals surface area contributed by atoms with Crippen LogP contribution >= 0.6 is 34.8 Å². The van der Waals surface area contributed by atoms with Gasteiger partial charge < -0.3 is 9.73 Å². The molecule has 3 aromatic rings. The molecule has 1 heterocycles. The van der Waals surface area contributed by atoms with E-state index in [2.05, 4.69) is 5.32 Å². The van der Waals surface area contributed by atoms with E-state index in [1.165, 1.54) is 30.3 Å². The molecule has 0 unspecified atom stereocenters. The van der Waals surface area contributed by atoms with E-state index in [0.29, 0.717) is 27.1 Å². The first-order chi connectivity index (χ1) is 11.4. The molecule has 122 valence electrons. The number of benzene rings is 2. The molecule has 2 aromatic carbocycles. The highest BCUT2D eigenvalue weighted by atomic mass is 35.5. The highest BCUT2D eigenvalue weighted by Crippen LogP contribution is 2.28. The normalized spacial score (nSPS) is 10.7. The number of furan rings is 1. The van der Waals surface area contributed by atoms with E-state index in [-0.39, 0.29) is 10.8 Å². The van der Waals surface area contributed by atoms with Gasteiger partial charge >= 0.3 is 0 Å². The number of hydrogen-bond donors (Lipinski definition) is 1. The average Bonchev–Trinajstić information content (AvgIpc) is 3.03. The molecule has 1 aromatic heterocycles. The van der Waals surface area contributed by atoms with Gasteiger partial charge in [0.05, 0.1) is 15.7 Å². The molecule has 1 amide bonds. The lowest BCUT2D eigenvalue weighted by Gasteiger charge is -2.06. The summed E-state index contributed by atoms with van der Waals surface area (Å²) >= 11 is 17.6. The van der Waals surface area contributed by atoms with Crippen molar-refractivity contribution < 1.29 is 13.6 Å². The van der Waals surface area contributed by atoms with Crippen LogP contribution in [0.2, 0.25) is 15.1 Å². The monoisotopic (exact) mass is 383 g/mol. The van der Waals surface area contributed by atoms with Crippen LogP contribution in [-0.2, 0) is 0 Å². The van der Waals surface area contributed by atoms with Crippen LogP contribution in [0.15, 0.2) is 52.9 Å². The standard InChI is InChI=1S/C17H9Cl3FNO2/c18-10-2-4-14(12(20)8-10)22-17(23)16-6-5-15(24-16)9-1-3-13(21)11(19)7-9/h1-8H,(H,22,23). The Hall–Kier alpha value is -2.01. The lowest BCUT2D eigenvalue weighted by atomic mass is 10.2. The number of rotatable bonds is 3. The Labute approximate surface area is 151 Å². The average molecular weight is 385 g/mol. The zero-order valence-corrected chi connectivity index (χ0v) is 14.2. The summed E-state index contributed by atoms with van der Waals surface area (Å²) in [6.45, 7) is 0. The van der Waals surface area contributed by atoms with Crippen LogP contribution in [0, 0.1) is 5.82 Å². The van der Waals surface area contributed by atoms with E-state index >= 15 is 0 Å². The molecule has 0 atom stereocenters. The fourth-order valence-electron chi connectivity index (χ4n) is 2.04. The van der Waals surface area contributed by atoms with Gasteiger partial charge in [-0.2, -0.15) is 0 Å². The Bertz CT molecular complexity index is 924. The van der Waals surface area contributed by atoms with Gasteiger partial charge in [0.2, 0.25) is 0 Å². The maximum absolute atomic E-state index is 13.2. The Kier molecular flexibility index (Phi) is 4.81. The zero-order valence-electron chi connectivity index (χ0n) is 11.9. The van der Waals surface area contributed by atoms with Crippen molar-refractivity contribution in [3.05, 3.63) is 75.2 Å². The van der Waals surface area contributed by atoms with E-state index in [0.717, 1.165) is 0 Å². The van der Waals surface area contributed by atoms with E-state index in [9.17, 15) is 9.18 Å². The van der Waals surface area contributed by atoms with Crippen LogP contribution in [0.1, 0.15) is 10.6 Å². The predicted octanol–water partition coefficient (Wildman–Crippen LogP) is 6.30. The molecule has 0 aliphatic rings. The number of carbonyl (C=O) groups excluding carboxylic acids is 1.